The molecule has 0 aliphatic carbocycles. The van der Waals surface area contributed by atoms with E-state index in [1.54, 1.807) is 18.5 Å². The van der Waals surface area contributed by atoms with Crippen molar-refractivity contribution in [2.45, 2.75) is 6.92 Å². The lowest BCUT2D eigenvalue weighted by molar-refractivity contribution is 0.339. The van der Waals surface area contributed by atoms with Crippen molar-refractivity contribution in [2.24, 2.45) is 0 Å². The predicted molar refractivity (Wildman–Crippen MR) is 59.3 cm³/mol. The van der Waals surface area contributed by atoms with Crippen molar-refractivity contribution in [3.05, 3.63) is 41.2 Å². The molecular weight excluding hydrogens is 206 g/mol. The number of hydrogen-bond acceptors (Lipinski definition) is 4. The van der Waals surface area contributed by atoms with Gasteiger partial charge in [-0.15, -0.1) is 0 Å². The minimum atomic E-state index is -0.238. The third kappa shape index (κ3) is 2.08. The van der Waals surface area contributed by atoms with E-state index < -0.39 is 0 Å². The second-order valence-corrected chi connectivity index (χ2v) is 3.11. The second-order valence-electron chi connectivity index (χ2n) is 3.11. The summed E-state index contributed by atoms with van der Waals surface area (Å²) in [6, 6.07) is 1.74. The van der Waals surface area contributed by atoms with Gasteiger partial charge in [-0.05, 0) is 13.0 Å². The van der Waals surface area contributed by atoms with Crippen molar-refractivity contribution < 1.29 is 4.74 Å². The van der Waals surface area contributed by atoms with Crippen LogP contribution in [0.1, 0.15) is 6.92 Å². The number of aromatic amines is 1. The average molecular weight is 217 g/mol. The lowest BCUT2D eigenvalue weighted by atomic mass is 10.2. The van der Waals surface area contributed by atoms with Gasteiger partial charge in [-0.25, -0.2) is 4.98 Å². The zero-order valence-corrected chi connectivity index (χ0v) is 8.80. The molecule has 0 spiro atoms. The number of pyridine rings is 1. The van der Waals surface area contributed by atoms with Crippen LogP contribution in [0, 0.1) is 0 Å². The highest BCUT2D eigenvalue weighted by atomic mass is 16.5. The van der Waals surface area contributed by atoms with Gasteiger partial charge in [0, 0.05) is 24.2 Å². The fourth-order valence-electron chi connectivity index (χ4n) is 1.35. The molecule has 5 nitrogen and oxygen atoms in total. The Kier molecular flexibility index (Phi) is 2.95. The van der Waals surface area contributed by atoms with Gasteiger partial charge in [-0.3, -0.25) is 9.78 Å². The van der Waals surface area contributed by atoms with Gasteiger partial charge in [0.25, 0.3) is 5.56 Å². The van der Waals surface area contributed by atoms with Crippen molar-refractivity contribution in [1.29, 1.82) is 0 Å². The highest BCUT2D eigenvalue weighted by molar-refractivity contribution is 5.58. The molecule has 0 amide bonds. The summed E-state index contributed by atoms with van der Waals surface area (Å²) in [5.74, 6) is 0.630. The zero-order valence-electron chi connectivity index (χ0n) is 8.80. The number of nitrogens with one attached hydrogen (secondary N) is 1. The lowest BCUT2D eigenvalue weighted by Gasteiger charge is -2.03. The van der Waals surface area contributed by atoms with Crippen LogP contribution in [0.4, 0.5) is 0 Å². The molecule has 0 saturated heterocycles. The van der Waals surface area contributed by atoms with Crippen LogP contribution in [0.2, 0.25) is 0 Å². The van der Waals surface area contributed by atoms with Gasteiger partial charge in [0.15, 0.2) is 0 Å². The summed E-state index contributed by atoms with van der Waals surface area (Å²) in [5, 5.41) is 0. The summed E-state index contributed by atoms with van der Waals surface area (Å²) in [6.45, 7) is 2.45. The van der Waals surface area contributed by atoms with E-state index in [4.69, 9.17) is 4.74 Å². The largest absolute Gasteiger partial charge is 0.492 e. The Balaban J connectivity index is 2.45. The number of rotatable bonds is 3. The molecule has 0 aliphatic rings. The Hall–Kier alpha value is -2.17. The highest BCUT2D eigenvalue weighted by Gasteiger charge is 2.05. The number of H-pyrrole nitrogens is 1. The topological polar surface area (TPSA) is 67.9 Å². The number of ether oxygens (including phenoxy) is 1. The molecule has 0 aromatic carbocycles. The Labute approximate surface area is 92.2 Å². The Morgan fingerprint density at radius 3 is 3.06 bits per heavy atom. The maximum atomic E-state index is 11.5. The Bertz CT molecular complexity index is 537. The van der Waals surface area contributed by atoms with E-state index in [2.05, 4.69) is 15.0 Å². The third-order valence-corrected chi connectivity index (χ3v) is 2.01. The fraction of sp³-hybridized carbons (Fsp3) is 0.182. The van der Waals surface area contributed by atoms with Crippen LogP contribution in [0.25, 0.3) is 11.3 Å². The molecule has 0 aliphatic heterocycles. The van der Waals surface area contributed by atoms with Gasteiger partial charge in [0.1, 0.15) is 11.4 Å². The summed E-state index contributed by atoms with van der Waals surface area (Å²) in [7, 11) is 0. The maximum Gasteiger partial charge on any atom is 0.274 e. The van der Waals surface area contributed by atoms with Crippen LogP contribution >= 0.6 is 0 Å². The van der Waals surface area contributed by atoms with Crippen LogP contribution < -0.4 is 10.3 Å². The standard InChI is InChI=1S/C11H11N3O2/c1-2-16-9-5-8(6-12-7-9)10-11(15)14-4-3-13-10/h3-7H,2H2,1H3,(H,14,15). The van der Waals surface area contributed by atoms with E-state index in [-0.39, 0.29) is 5.56 Å². The van der Waals surface area contributed by atoms with E-state index in [9.17, 15) is 4.79 Å². The zero-order chi connectivity index (χ0) is 11.4. The fourth-order valence-corrected chi connectivity index (χ4v) is 1.35. The van der Waals surface area contributed by atoms with Crippen LogP contribution in [-0.2, 0) is 0 Å². The molecule has 0 bridgehead atoms. The molecule has 2 aromatic rings. The minimum absolute atomic E-state index is 0.238. The molecule has 82 valence electrons. The smallest absolute Gasteiger partial charge is 0.274 e. The first-order chi connectivity index (χ1) is 7.81. The molecule has 2 rings (SSSR count). The molecule has 0 atom stereocenters. The molecule has 2 aromatic heterocycles. The summed E-state index contributed by atoms with van der Waals surface area (Å²) in [5.41, 5.74) is 0.752. The van der Waals surface area contributed by atoms with Crippen molar-refractivity contribution in [3.63, 3.8) is 0 Å². The molecule has 0 unspecified atom stereocenters. The van der Waals surface area contributed by atoms with Gasteiger partial charge in [-0.2, -0.15) is 0 Å². The summed E-state index contributed by atoms with van der Waals surface area (Å²) in [4.78, 5) is 22.1. The van der Waals surface area contributed by atoms with Gasteiger partial charge in [0.05, 0.1) is 12.8 Å². The van der Waals surface area contributed by atoms with Gasteiger partial charge >= 0.3 is 0 Å². The molecule has 5 heteroatoms. The highest BCUT2D eigenvalue weighted by Crippen LogP contribution is 2.17. The first-order valence-corrected chi connectivity index (χ1v) is 4.93. The van der Waals surface area contributed by atoms with Crippen molar-refractivity contribution in [2.75, 3.05) is 6.61 Å². The van der Waals surface area contributed by atoms with Crippen LogP contribution in [0.5, 0.6) is 5.75 Å². The lowest BCUT2D eigenvalue weighted by Crippen LogP contribution is -2.09. The summed E-state index contributed by atoms with van der Waals surface area (Å²) < 4.78 is 5.31. The number of aromatic nitrogens is 3. The van der Waals surface area contributed by atoms with Crippen LogP contribution in [-0.4, -0.2) is 21.6 Å². The summed E-state index contributed by atoms with van der Waals surface area (Å²) >= 11 is 0. The Morgan fingerprint density at radius 1 is 1.44 bits per heavy atom. The van der Waals surface area contributed by atoms with Crippen LogP contribution in [0.3, 0.4) is 0 Å². The van der Waals surface area contributed by atoms with E-state index >= 15 is 0 Å². The molecule has 0 saturated carbocycles. The first kappa shape index (κ1) is 10.4. The van der Waals surface area contributed by atoms with Gasteiger partial charge in [-0.1, -0.05) is 0 Å². The van der Waals surface area contributed by atoms with Gasteiger partial charge in [0.2, 0.25) is 0 Å². The average Bonchev–Trinajstić information content (AvgIpc) is 2.30. The molecule has 1 N–H and O–H groups in total. The van der Waals surface area contributed by atoms with E-state index in [1.807, 2.05) is 6.92 Å². The first-order valence-electron chi connectivity index (χ1n) is 4.93. The molecular formula is C11H11N3O2. The predicted octanol–water partition coefficient (Wildman–Crippen LogP) is 1.23. The van der Waals surface area contributed by atoms with Crippen LogP contribution in [0.15, 0.2) is 35.6 Å². The summed E-state index contributed by atoms with van der Waals surface area (Å²) in [6.07, 6.45) is 6.21. The number of hydrogen-bond donors (Lipinski definition) is 1. The quantitative estimate of drug-likeness (QED) is 0.839. The van der Waals surface area contributed by atoms with Crippen molar-refractivity contribution in [1.82, 2.24) is 15.0 Å². The van der Waals surface area contributed by atoms with Crippen molar-refractivity contribution >= 4 is 0 Å². The van der Waals surface area contributed by atoms with Gasteiger partial charge < -0.3 is 9.72 Å². The third-order valence-electron chi connectivity index (χ3n) is 2.01. The minimum Gasteiger partial charge on any atom is -0.492 e. The van der Waals surface area contributed by atoms with E-state index in [0.717, 1.165) is 0 Å². The molecule has 16 heavy (non-hydrogen) atoms. The van der Waals surface area contributed by atoms with Crippen molar-refractivity contribution in [3.8, 4) is 17.0 Å². The number of nitrogens with zero attached hydrogens (tertiary/aromatic N) is 2. The van der Waals surface area contributed by atoms with E-state index in [0.29, 0.717) is 23.6 Å². The second kappa shape index (κ2) is 4.57. The monoisotopic (exact) mass is 217 g/mol. The maximum absolute atomic E-state index is 11.5. The normalized spacial score (nSPS) is 10.1. The van der Waals surface area contributed by atoms with E-state index in [1.165, 1.54) is 12.4 Å². The molecule has 2 heterocycles. The molecule has 0 radical (unpaired) electrons. The SMILES string of the molecule is CCOc1cncc(-c2ncc[nH]c2=O)c1. The molecule has 0 fully saturated rings. The Morgan fingerprint density at radius 2 is 2.31 bits per heavy atom.